The zero-order valence-electron chi connectivity index (χ0n) is 15.1. The highest BCUT2D eigenvalue weighted by molar-refractivity contribution is 5.53. The van der Waals surface area contributed by atoms with Gasteiger partial charge in [0.05, 0.1) is 20.3 Å². The summed E-state index contributed by atoms with van der Waals surface area (Å²) in [5, 5.41) is 11.1. The number of fused-ring (bicyclic) bond motifs is 2. The summed E-state index contributed by atoms with van der Waals surface area (Å²) >= 11 is 0. The van der Waals surface area contributed by atoms with Crippen molar-refractivity contribution < 1.29 is 24.1 Å². The summed E-state index contributed by atoms with van der Waals surface area (Å²) in [5.74, 6) is 1.33. The van der Waals surface area contributed by atoms with Crippen LogP contribution in [0.1, 0.15) is 17.0 Å². The van der Waals surface area contributed by atoms with Crippen LogP contribution in [0.3, 0.4) is 0 Å². The van der Waals surface area contributed by atoms with E-state index < -0.39 is 12.2 Å². The molecule has 0 amide bonds. The molecule has 5 atom stereocenters. The molecule has 25 heavy (non-hydrogen) atoms. The molecule has 1 N–H and O–H groups in total. The number of hydrogen-bond acceptors (Lipinski definition) is 6. The minimum atomic E-state index is -0.658. The standard InChI is InChI=1S/C19H25NO5/c1-22-13-7-10-9-20-6-5-11-16(20)15(12(10)8-14(13)23-2)17(21)19(25-4)18(11)24-3/h5,7-8,15-19,21H,6,9H2,1-4H3. The number of methoxy groups -OCH3 is 4. The van der Waals surface area contributed by atoms with Gasteiger partial charge in [0.25, 0.3) is 0 Å². The minimum absolute atomic E-state index is 0.0753. The van der Waals surface area contributed by atoms with Crippen LogP contribution >= 0.6 is 0 Å². The minimum Gasteiger partial charge on any atom is -0.493 e. The Hall–Kier alpha value is -1.60. The fraction of sp³-hybridized carbons (Fsp3) is 0.579. The predicted molar refractivity (Wildman–Crippen MR) is 92.2 cm³/mol. The van der Waals surface area contributed by atoms with Crippen LogP contribution < -0.4 is 9.47 Å². The zero-order valence-corrected chi connectivity index (χ0v) is 15.1. The van der Waals surface area contributed by atoms with Crippen molar-refractivity contribution in [3.8, 4) is 11.5 Å². The van der Waals surface area contributed by atoms with Gasteiger partial charge in [-0.3, -0.25) is 4.90 Å². The Balaban J connectivity index is 1.84. The lowest BCUT2D eigenvalue weighted by Gasteiger charge is -2.49. The van der Waals surface area contributed by atoms with Gasteiger partial charge in [0.15, 0.2) is 11.5 Å². The van der Waals surface area contributed by atoms with Gasteiger partial charge in [-0.15, -0.1) is 0 Å². The normalized spacial score (nSPS) is 33.5. The highest BCUT2D eigenvalue weighted by Crippen LogP contribution is 2.50. The predicted octanol–water partition coefficient (Wildman–Crippen LogP) is 1.32. The van der Waals surface area contributed by atoms with Gasteiger partial charge >= 0.3 is 0 Å². The van der Waals surface area contributed by atoms with Crippen molar-refractivity contribution in [2.24, 2.45) is 0 Å². The molecule has 6 heteroatoms. The second kappa shape index (κ2) is 6.29. The van der Waals surface area contributed by atoms with Gasteiger partial charge in [0.2, 0.25) is 0 Å². The average molecular weight is 347 g/mol. The van der Waals surface area contributed by atoms with E-state index in [1.807, 2.05) is 12.1 Å². The second-order valence-corrected chi connectivity index (χ2v) is 6.86. The Labute approximate surface area is 147 Å². The molecule has 0 bridgehead atoms. The SMILES string of the molecule is COc1cc2c(cc1OC)C1C(O)C(OC)C(OC)C3=CCN(C2)C31. The van der Waals surface area contributed by atoms with E-state index in [0.29, 0.717) is 5.75 Å². The molecule has 1 aliphatic carbocycles. The number of rotatable bonds is 4. The summed E-state index contributed by atoms with van der Waals surface area (Å²) in [6, 6.07) is 4.17. The molecule has 0 aromatic heterocycles. The van der Waals surface area contributed by atoms with E-state index in [2.05, 4.69) is 11.0 Å². The average Bonchev–Trinajstić information content (AvgIpc) is 3.05. The van der Waals surface area contributed by atoms with Crippen molar-refractivity contribution in [3.63, 3.8) is 0 Å². The number of ether oxygens (including phenoxy) is 4. The van der Waals surface area contributed by atoms with E-state index in [1.165, 1.54) is 11.1 Å². The molecule has 0 spiro atoms. The number of nitrogens with zero attached hydrogens (tertiary/aromatic N) is 1. The maximum atomic E-state index is 11.1. The monoisotopic (exact) mass is 347 g/mol. The molecule has 4 rings (SSSR count). The lowest BCUT2D eigenvalue weighted by Crippen LogP contribution is -2.58. The van der Waals surface area contributed by atoms with Crippen molar-refractivity contribution in [3.05, 3.63) is 34.9 Å². The molecule has 6 nitrogen and oxygen atoms in total. The quantitative estimate of drug-likeness (QED) is 0.829. The maximum absolute atomic E-state index is 11.1. The first-order valence-electron chi connectivity index (χ1n) is 8.57. The van der Waals surface area contributed by atoms with Crippen molar-refractivity contribution >= 4 is 0 Å². The van der Waals surface area contributed by atoms with Crippen LogP contribution in [0, 0.1) is 0 Å². The first kappa shape index (κ1) is 16.8. The maximum Gasteiger partial charge on any atom is 0.161 e. The molecule has 136 valence electrons. The number of benzene rings is 1. The van der Waals surface area contributed by atoms with Gasteiger partial charge in [-0.1, -0.05) is 6.08 Å². The van der Waals surface area contributed by atoms with E-state index in [9.17, 15) is 5.11 Å². The molecule has 1 aromatic rings. The van der Waals surface area contributed by atoms with Crippen LogP contribution in [0.4, 0.5) is 0 Å². The first-order chi connectivity index (χ1) is 12.1. The van der Waals surface area contributed by atoms with Crippen LogP contribution in [0.25, 0.3) is 0 Å². The highest BCUT2D eigenvalue weighted by atomic mass is 16.5. The number of aliphatic hydroxyl groups excluding tert-OH is 1. The molecule has 1 aromatic carbocycles. The summed E-state index contributed by atoms with van der Waals surface area (Å²) in [6.07, 6.45) is 0.962. The Kier molecular flexibility index (Phi) is 4.24. The zero-order chi connectivity index (χ0) is 17.7. The summed E-state index contributed by atoms with van der Waals surface area (Å²) in [5.41, 5.74) is 3.49. The Morgan fingerprint density at radius 1 is 1.04 bits per heavy atom. The van der Waals surface area contributed by atoms with E-state index in [1.54, 1.807) is 28.4 Å². The molecular formula is C19H25NO5. The number of aliphatic hydroxyl groups is 1. The molecule has 1 fully saturated rings. The highest BCUT2D eigenvalue weighted by Gasteiger charge is 2.54. The van der Waals surface area contributed by atoms with Gasteiger partial charge in [-0.2, -0.15) is 0 Å². The third-order valence-corrected chi connectivity index (χ3v) is 5.87. The van der Waals surface area contributed by atoms with Gasteiger partial charge in [0.1, 0.15) is 12.2 Å². The molecule has 0 radical (unpaired) electrons. The Morgan fingerprint density at radius 2 is 1.76 bits per heavy atom. The fourth-order valence-electron chi connectivity index (χ4n) is 4.80. The first-order valence-corrected chi connectivity index (χ1v) is 8.57. The lowest BCUT2D eigenvalue weighted by molar-refractivity contribution is -0.118. The van der Waals surface area contributed by atoms with Crippen LogP contribution in [0.15, 0.2) is 23.8 Å². The van der Waals surface area contributed by atoms with Crippen LogP contribution in [-0.4, -0.2) is 69.3 Å². The van der Waals surface area contributed by atoms with Gasteiger partial charge < -0.3 is 24.1 Å². The third kappa shape index (κ3) is 2.32. The summed E-state index contributed by atoms with van der Waals surface area (Å²) in [7, 11) is 6.59. The molecule has 0 saturated heterocycles. The molecular weight excluding hydrogens is 322 g/mol. The van der Waals surface area contributed by atoms with Crippen molar-refractivity contribution in [1.82, 2.24) is 4.90 Å². The van der Waals surface area contributed by atoms with Crippen molar-refractivity contribution in [1.29, 1.82) is 0 Å². The largest absolute Gasteiger partial charge is 0.493 e. The molecule has 2 aliphatic heterocycles. The van der Waals surface area contributed by atoms with Gasteiger partial charge in [0, 0.05) is 39.3 Å². The fourth-order valence-corrected chi connectivity index (χ4v) is 4.80. The lowest BCUT2D eigenvalue weighted by atomic mass is 9.69. The van der Waals surface area contributed by atoms with E-state index in [4.69, 9.17) is 18.9 Å². The van der Waals surface area contributed by atoms with Crippen molar-refractivity contribution in [2.75, 3.05) is 35.0 Å². The number of hydrogen-bond donors (Lipinski definition) is 1. The molecule has 1 saturated carbocycles. The van der Waals surface area contributed by atoms with E-state index in [0.717, 1.165) is 24.4 Å². The summed E-state index contributed by atoms with van der Waals surface area (Å²) in [6.45, 7) is 1.67. The van der Waals surface area contributed by atoms with Crippen LogP contribution in [-0.2, 0) is 16.0 Å². The van der Waals surface area contributed by atoms with E-state index >= 15 is 0 Å². The molecule has 2 heterocycles. The van der Waals surface area contributed by atoms with E-state index in [-0.39, 0.29) is 18.1 Å². The summed E-state index contributed by atoms with van der Waals surface area (Å²) < 4.78 is 22.3. The smallest absolute Gasteiger partial charge is 0.161 e. The van der Waals surface area contributed by atoms with Crippen LogP contribution in [0.2, 0.25) is 0 Å². The topological polar surface area (TPSA) is 60.4 Å². The Bertz CT molecular complexity index is 703. The Morgan fingerprint density at radius 3 is 2.40 bits per heavy atom. The summed E-state index contributed by atoms with van der Waals surface area (Å²) in [4.78, 5) is 2.38. The molecule has 3 aliphatic rings. The second-order valence-electron chi connectivity index (χ2n) is 6.86. The third-order valence-electron chi connectivity index (χ3n) is 5.87. The van der Waals surface area contributed by atoms with Crippen LogP contribution in [0.5, 0.6) is 11.5 Å². The van der Waals surface area contributed by atoms with Gasteiger partial charge in [-0.05, 0) is 28.8 Å². The molecule has 5 unspecified atom stereocenters. The van der Waals surface area contributed by atoms with Gasteiger partial charge in [-0.25, -0.2) is 0 Å². The van der Waals surface area contributed by atoms with Crippen molar-refractivity contribution in [2.45, 2.75) is 36.8 Å².